The third kappa shape index (κ3) is 4.51. The molecule has 0 bridgehead atoms. The van der Waals surface area contributed by atoms with Gasteiger partial charge in [0.15, 0.2) is 0 Å². The van der Waals surface area contributed by atoms with Gasteiger partial charge in [-0.1, -0.05) is 0 Å². The summed E-state index contributed by atoms with van der Waals surface area (Å²) in [5, 5.41) is 0. The van der Waals surface area contributed by atoms with Gasteiger partial charge in [-0.25, -0.2) is 9.78 Å². The molecule has 0 aliphatic carbocycles. The summed E-state index contributed by atoms with van der Waals surface area (Å²) in [6.45, 7) is 3.19. The number of nitrogens with zero attached hydrogens (tertiary/aromatic N) is 2. The second kappa shape index (κ2) is 8.52. The Hall–Kier alpha value is -0.780. The highest BCUT2D eigenvalue weighted by molar-refractivity contribution is 5.87. The number of hydrogen-bond donors (Lipinski definition) is 1. The van der Waals surface area contributed by atoms with Crippen LogP contribution in [-0.4, -0.2) is 28.7 Å². The molecule has 88 valence electrons. The summed E-state index contributed by atoms with van der Waals surface area (Å²) in [6.07, 6.45) is 3.05. The van der Waals surface area contributed by atoms with Gasteiger partial charge in [-0.05, 0) is 6.92 Å². The van der Waals surface area contributed by atoms with Crippen molar-refractivity contribution in [2.45, 2.75) is 13.5 Å². The van der Waals surface area contributed by atoms with Gasteiger partial charge >= 0.3 is 5.97 Å². The van der Waals surface area contributed by atoms with Crippen LogP contribution in [0.3, 0.4) is 0 Å². The number of halogens is 2. The summed E-state index contributed by atoms with van der Waals surface area (Å²) < 4.78 is 6.51. The number of nitrogens with two attached hydrogens (primary N) is 1. The molecule has 0 unspecified atom stereocenters. The minimum atomic E-state index is -0.353. The van der Waals surface area contributed by atoms with E-state index in [1.54, 1.807) is 17.8 Å². The van der Waals surface area contributed by atoms with Gasteiger partial charge in [-0.3, -0.25) is 0 Å². The summed E-state index contributed by atoms with van der Waals surface area (Å²) in [7, 11) is 0. The molecule has 7 heteroatoms. The van der Waals surface area contributed by atoms with E-state index in [-0.39, 0.29) is 30.8 Å². The Balaban J connectivity index is 0. The van der Waals surface area contributed by atoms with E-state index < -0.39 is 0 Å². The van der Waals surface area contributed by atoms with Gasteiger partial charge in [-0.15, -0.1) is 24.8 Å². The van der Waals surface area contributed by atoms with Crippen molar-refractivity contribution in [1.29, 1.82) is 0 Å². The third-order valence-corrected chi connectivity index (χ3v) is 1.57. The summed E-state index contributed by atoms with van der Waals surface area (Å²) in [4.78, 5) is 15.1. The lowest BCUT2D eigenvalue weighted by molar-refractivity contribution is 0.0514. The van der Waals surface area contributed by atoms with Crippen molar-refractivity contribution in [2.24, 2.45) is 5.73 Å². The normalized spacial score (nSPS) is 8.67. The summed E-state index contributed by atoms with van der Waals surface area (Å²) in [5.74, 6) is -0.353. The SMILES string of the molecule is CCOC(=O)c1cncn1CCN.Cl.Cl. The number of carbonyl (C=O) groups excluding carboxylic acids is 1. The first kappa shape index (κ1) is 16.6. The van der Waals surface area contributed by atoms with E-state index in [0.29, 0.717) is 25.4 Å². The predicted octanol–water partition coefficient (Wildman–Crippen LogP) is 0.862. The van der Waals surface area contributed by atoms with Crippen LogP contribution in [0.15, 0.2) is 12.5 Å². The monoisotopic (exact) mass is 255 g/mol. The molecule has 2 N–H and O–H groups in total. The minimum Gasteiger partial charge on any atom is -0.461 e. The summed E-state index contributed by atoms with van der Waals surface area (Å²) in [5.41, 5.74) is 5.81. The zero-order valence-electron chi connectivity index (χ0n) is 8.38. The Morgan fingerprint density at radius 2 is 2.27 bits per heavy atom. The Morgan fingerprint density at radius 1 is 1.60 bits per heavy atom. The molecule has 0 atom stereocenters. The number of esters is 1. The molecule has 0 radical (unpaired) electrons. The minimum absolute atomic E-state index is 0. The van der Waals surface area contributed by atoms with Crippen molar-refractivity contribution in [3.8, 4) is 0 Å². The van der Waals surface area contributed by atoms with Crippen molar-refractivity contribution in [1.82, 2.24) is 9.55 Å². The maximum absolute atomic E-state index is 11.3. The maximum atomic E-state index is 11.3. The zero-order valence-corrected chi connectivity index (χ0v) is 10.0. The van der Waals surface area contributed by atoms with Crippen LogP contribution in [-0.2, 0) is 11.3 Å². The highest BCUT2D eigenvalue weighted by atomic mass is 35.5. The first-order valence-corrected chi connectivity index (χ1v) is 4.17. The number of rotatable bonds is 4. The maximum Gasteiger partial charge on any atom is 0.356 e. The standard InChI is InChI=1S/C8H13N3O2.2ClH/c1-2-13-8(12)7-5-10-6-11(7)4-3-9;;/h5-6H,2-4,9H2,1H3;2*1H. The van der Waals surface area contributed by atoms with Crippen molar-refractivity contribution in [2.75, 3.05) is 13.2 Å². The topological polar surface area (TPSA) is 70.1 Å². The number of carbonyl (C=O) groups is 1. The Labute approximate surface area is 101 Å². The molecule has 0 saturated heterocycles. The quantitative estimate of drug-likeness (QED) is 0.811. The van der Waals surface area contributed by atoms with Gasteiger partial charge in [-0.2, -0.15) is 0 Å². The largest absolute Gasteiger partial charge is 0.461 e. The number of hydrogen-bond acceptors (Lipinski definition) is 4. The van der Waals surface area contributed by atoms with Crippen LogP contribution in [0.25, 0.3) is 0 Å². The number of imidazole rings is 1. The molecule has 15 heavy (non-hydrogen) atoms. The molecule has 0 saturated carbocycles. The highest BCUT2D eigenvalue weighted by Crippen LogP contribution is 2.00. The molecule has 1 heterocycles. The first-order chi connectivity index (χ1) is 6.29. The molecule has 0 aliphatic rings. The van der Waals surface area contributed by atoms with Crippen LogP contribution in [0, 0.1) is 0 Å². The molecule has 1 rings (SSSR count). The van der Waals surface area contributed by atoms with Gasteiger partial charge in [0.25, 0.3) is 0 Å². The summed E-state index contributed by atoms with van der Waals surface area (Å²) in [6, 6.07) is 0. The average Bonchev–Trinajstić information content (AvgIpc) is 2.54. The molecule has 0 aromatic carbocycles. The van der Waals surface area contributed by atoms with Crippen molar-refractivity contribution in [3.63, 3.8) is 0 Å². The molecule has 5 nitrogen and oxygen atoms in total. The van der Waals surface area contributed by atoms with Gasteiger partial charge in [0.2, 0.25) is 0 Å². The van der Waals surface area contributed by atoms with E-state index in [2.05, 4.69) is 4.98 Å². The van der Waals surface area contributed by atoms with Gasteiger partial charge in [0.1, 0.15) is 5.69 Å². The molecule has 0 amide bonds. The molecule has 0 fully saturated rings. The number of aromatic nitrogens is 2. The first-order valence-electron chi connectivity index (χ1n) is 4.17. The van der Waals surface area contributed by atoms with Crippen molar-refractivity contribution < 1.29 is 9.53 Å². The molecule has 0 aliphatic heterocycles. The second-order valence-electron chi connectivity index (χ2n) is 2.48. The van der Waals surface area contributed by atoms with Crippen molar-refractivity contribution >= 4 is 30.8 Å². The fourth-order valence-electron chi connectivity index (χ4n) is 1.01. The van der Waals surface area contributed by atoms with E-state index >= 15 is 0 Å². The second-order valence-corrected chi connectivity index (χ2v) is 2.48. The van der Waals surface area contributed by atoms with E-state index in [1.165, 1.54) is 6.20 Å². The molecule has 1 aromatic rings. The fraction of sp³-hybridized carbons (Fsp3) is 0.500. The summed E-state index contributed by atoms with van der Waals surface area (Å²) >= 11 is 0. The molecule has 1 aromatic heterocycles. The predicted molar refractivity (Wildman–Crippen MR) is 61.7 cm³/mol. The lowest BCUT2D eigenvalue weighted by Crippen LogP contribution is -2.16. The van der Waals surface area contributed by atoms with Gasteiger partial charge in [0, 0.05) is 13.1 Å². The lowest BCUT2D eigenvalue weighted by Gasteiger charge is -2.04. The zero-order chi connectivity index (χ0) is 9.68. The van der Waals surface area contributed by atoms with Crippen LogP contribution in [0.5, 0.6) is 0 Å². The molecular formula is C8H15Cl2N3O2. The van der Waals surface area contributed by atoms with Crippen LogP contribution >= 0.6 is 24.8 Å². The lowest BCUT2D eigenvalue weighted by atomic mass is 10.4. The average molecular weight is 256 g/mol. The van der Waals surface area contributed by atoms with Gasteiger partial charge in [0.05, 0.1) is 19.1 Å². The van der Waals surface area contributed by atoms with E-state index in [9.17, 15) is 4.79 Å². The van der Waals surface area contributed by atoms with E-state index in [0.717, 1.165) is 0 Å². The molecule has 0 spiro atoms. The van der Waals surface area contributed by atoms with E-state index in [1.807, 2.05) is 0 Å². The van der Waals surface area contributed by atoms with Gasteiger partial charge < -0.3 is 15.0 Å². The third-order valence-electron chi connectivity index (χ3n) is 1.57. The Kier molecular flexibility index (Phi) is 9.46. The molecular weight excluding hydrogens is 241 g/mol. The Morgan fingerprint density at radius 3 is 2.80 bits per heavy atom. The van der Waals surface area contributed by atoms with Crippen LogP contribution in [0.2, 0.25) is 0 Å². The highest BCUT2D eigenvalue weighted by Gasteiger charge is 2.11. The van der Waals surface area contributed by atoms with Crippen LogP contribution in [0.1, 0.15) is 17.4 Å². The smallest absolute Gasteiger partial charge is 0.356 e. The van der Waals surface area contributed by atoms with Crippen molar-refractivity contribution in [3.05, 3.63) is 18.2 Å². The van der Waals surface area contributed by atoms with E-state index in [4.69, 9.17) is 10.5 Å². The van der Waals surface area contributed by atoms with Crippen LogP contribution in [0.4, 0.5) is 0 Å². The Bertz CT molecular complexity index is 291. The fourth-order valence-corrected chi connectivity index (χ4v) is 1.01. The van der Waals surface area contributed by atoms with Crippen LogP contribution < -0.4 is 5.73 Å². The number of ether oxygens (including phenoxy) is 1.